The second kappa shape index (κ2) is 8.79. The number of rotatable bonds is 7. The van der Waals surface area contributed by atoms with Crippen LogP contribution in [0.4, 0.5) is 11.4 Å². The van der Waals surface area contributed by atoms with Gasteiger partial charge >= 0.3 is 0 Å². The number of aryl methyl sites for hydroxylation is 1. The number of nitro groups is 1. The van der Waals surface area contributed by atoms with Crippen molar-refractivity contribution in [3.05, 3.63) is 63.7 Å². The fraction of sp³-hybridized carbons (Fsp3) is 0.263. The number of ether oxygens (including phenoxy) is 1. The summed E-state index contributed by atoms with van der Waals surface area (Å²) in [6.07, 6.45) is 0.515. The van der Waals surface area contributed by atoms with Crippen molar-refractivity contribution >= 4 is 23.2 Å². The van der Waals surface area contributed by atoms with E-state index in [0.29, 0.717) is 17.7 Å². The van der Waals surface area contributed by atoms with Gasteiger partial charge in [-0.1, -0.05) is 25.1 Å². The second-order valence-electron chi connectivity index (χ2n) is 5.98. The predicted molar refractivity (Wildman–Crippen MR) is 101 cm³/mol. The number of hydrogen-bond acceptors (Lipinski definition) is 5. The number of nitro benzene ring substituents is 1. The van der Waals surface area contributed by atoms with Crippen molar-refractivity contribution in [1.82, 2.24) is 4.90 Å². The van der Waals surface area contributed by atoms with Crippen LogP contribution in [-0.2, 0) is 11.2 Å². The molecular formula is C19H21N3O5. The molecule has 2 amide bonds. The Kier molecular flexibility index (Phi) is 6.48. The summed E-state index contributed by atoms with van der Waals surface area (Å²) in [4.78, 5) is 36.4. The van der Waals surface area contributed by atoms with Crippen molar-refractivity contribution in [2.24, 2.45) is 0 Å². The van der Waals surface area contributed by atoms with Crippen LogP contribution in [0.25, 0.3) is 0 Å². The van der Waals surface area contributed by atoms with Crippen LogP contribution in [0.2, 0.25) is 0 Å². The van der Waals surface area contributed by atoms with Gasteiger partial charge in [-0.15, -0.1) is 0 Å². The minimum Gasteiger partial charge on any atom is -0.483 e. The fourth-order valence-electron chi connectivity index (χ4n) is 2.36. The Balaban J connectivity index is 2.20. The molecule has 2 aromatic rings. The highest BCUT2D eigenvalue weighted by atomic mass is 16.6. The number of nitrogens with zero attached hydrogens (tertiary/aromatic N) is 2. The lowest BCUT2D eigenvalue weighted by Crippen LogP contribution is -2.28. The Hall–Kier alpha value is -3.42. The first-order chi connectivity index (χ1) is 12.8. The van der Waals surface area contributed by atoms with E-state index in [4.69, 9.17) is 4.74 Å². The fourth-order valence-corrected chi connectivity index (χ4v) is 2.36. The maximum atomic E-state index is 12.6. The zero-order valence-electron chi connectivity index (χ0n) is 15.4. The van der Waals surface area contributed by atoms with Gasteiger partial charge in [0.05, 0.1) is 10.5 Å². The molecule has 0 aliphatic rings. The quantitative estimate of drug-likeness (QED) is 0.596. The second-order valence-corrected chi connectivity index (χ2v) is 5.98. The molecule has 0 fully saturated rings. The number of amides is 2. The first-order valence-corrected chi connectivity index (χ1v) is 8.34. The molecule has 0 saturated heterocycles. The smallest absolute Gasteiger partial charge is 0.274 e. The van der Waals surface area contributed by atoms with Crippen LogP contribution in [-0.4, -0.2) is 42.3 Å². The number of nitrogens with one attached hydrogen (secondary N) is 1. The SMILES string of the molecule is CCc1ccc(NC(=O)c2ccccc2OCC(=O)N(C)C)cc1[N+](=O)[O-]. The summed E-state index contributed by atoms with van der Waals surface area (Å²) >= 11 is 0. The van der Waals surface area contributed by atoms with E-state index in [-0.39, 0.29) is 29.5 Å². The minimum atomic E-state index is -0.485. The highest BCUT2D eigenvalue weighted by Gasteiger charge is 2.17. The summed E-state index contributed by atoms with van der Waals surface area (Å²) in [6, 6.07) is 11.1. The van der Waals surface area contributed by atoms with Gasteiger partial charge in [0.25, 0.3) is 17.5 Å². The van der Waals surface area contributed by atoms with E-state index in [1.54, 1.807) is 50.5 Å². The summed E-state index contributed by atoms with van der Waals surface area (Å²) in [5.74, 6) is -0.470. The average molecular weight is 371 g/mol. The Morgan fingerprint density at radius 1 is 1.19 bits per heavy atom. The van der Waals surface area contributed by atoms with Gasteiger partial charge in [0, 0.05) is 31.4 Å². The molecule has 8 heteroatoms. The lowest BCUT2D eigenvalue weighted by molar-refractivity contribution is -0.385. The monoisotopic (exact) mass is 371 g/mol. The Morgan fingerprint density at radius 2 is 1.89 bits per heavy atom. The van der Waals surface area contributed by atoms with Crippen LogP contribution in [0.3, 0.4) is 0 Å². The molecule has 8 nitrogen and oxygen atoms in total. The molecule has 142 valence electrons. The topological polar surface area (TPSA) is 102 Å². The molecule has 0 aliphatic heterocycles. The lowest BCUT2D eigenvalue weighted by Gasteiger charge is -2.14. The number of hydrogen-bond donors (Lipinski definition) is 1. The number of carbonyl (C=O) groups is 2. The van der Waals surface area contributed by atoms with E-state index in [2.05, 4.69) is 5.32 Å². The van der Waals surface area contributed by atoms with E-state index in [1.807, 2.05) is 6.92 Å². The van der Waals surface area contributed by atoms with Gasteiger partial charge in [-0.3, -0.25) is 19.7 Å². The lowest BCUT2D eigenvalue weighted by atomic mass is 10.1. The average Bonchev–Trinajstić information content (AvgIpc) is 2.65. The molecule has 0 heterocycles. The number of likely N-dealkylation sites (N-methyl/N-ethyl adjacent to an activating group) is 1. The molecule has 2 aromatic carbocycles. The van der Waals surface area contributed by atoms with E-state index >= 15 is 0 Å². The van der Waals surface area contributed by atoms with Crippen molar-refractivity contribution in [3.8, 4) is 5.75 Å². The molecule has 0 unspecified atom stereocenters. The highest BCUT2D eigenvalue weighted by molar-refractivity contribution is 6.06. The summed E-state index contributed by atoms with van der Waals surface area (Å²) < 4.78 is 5.46. The van der Waals surface area contributed by atoms with Crippen LogP contribution in [0, 0.1) is 10.1 Å². The molecular weight excluding hydrogens is 350 g/mol. The van der Waals surface area contributed by atoms with Gasteiger partial charge < -0.3 is 15.0 Å². The predicted octanol–water partition coefficient (Wildman–Crippen LogP) is 2.88. The van der Waals surface area contributed by atoms with Crippen LogP contribution >= 0.6 is 0 Å². The normalized spacial score (nSPS) is 10.2. The third-order valence-electron chi connectivity index (χ3n) is 3.90. The third kappa shape index (κ3) is 5.04. The molecule has 1 N–H and O–H groups in total. The number of para-hydroxylation sites is 1. The first kappa shape index (κ1) is 19.9. The molecule has 0 radical (unpaired) electrons. The van der Waals surface area contributed by atoms with Crippen molar-refractivity contribution in [3.63, 3.8) is 0 Å². The number of benzene rings is 2. The molecule has 0 aliphatic carbocycles. The standard InChI is InChI=1S/C19H21N3O5/c1-4-13-9-10-14(11-16(13)22(25)26)20-19(24)15-7-5-6-8-17(15)27-12-18(23)21(2)3/h5-11H,4,12H2,1-3H3,(H,20,24). The molecule has 0 spiro atoms. The first-order valence-electron chi connectivity index (χ1n) is 8.34. The van der Waals surface area contributed by atoms with Gasteiger partial charge in [0.15, 0.2) is 6.61 Å². The van der Waals surface area contributed by atoms with Crippen LogP contribution in [0.15, 0.2) is 42.5 Å². The van der Waals surface area contributed by atoms with Gasteiger partial charge in [0.2, 0.25) is 0 Å². The van der Waals surface area contributed by atoms with Gasteiger partial charge in [-0.2, -0.15) is 0 Å². The molecule has 2 rings (SSSR count). The number of carbonyl (C=O) groups excluding carboxylic acids is 2. The van der Waals surface area contributed by atoms with E-state index in [1.165, 1.54) is 11.0 Å². The summed E-state index contributed by atoms with van der Waals surface area (Å²) in [5.41, 5.74) is 1.08. The minimum absolute atomic E-state index is 0.0450. The highest BCUT2D eigenvalue weighted by Crippen LogP contribution is 2.25. The third-order valence-corrected chi connectivity index (χ3v) is 3.90. The summed E-state index contributed by atoms with van der Waals surface area (Å²) in [5, 5.41) is 13.8. The Morgan fingerprint density at radius 3 is 2.52 bits per heavy atom. The maximum absolute atomic E-state index is 12.6. The zero-order chi connectivity index (χ0) is 20.0. The summed E-state index contributed by atoms with van der Waals surface area (Å²) in [7, 11) is 3.22. The van der Waals surface area contributed by atoms with Gasteiger partial charge in [0.1, 0.15) is 5.75 Å². The zero-order valence-corrected chi connectivity index (χ0v) is 15.4. The molecule has 0 saturated carbocycles. The van der Waals surface area contributed by atoms with Crippen molar-refractivity contribution in [2.45, 2.75) is 13.3 Å². The molecule has 0 atom stereocenters. The van der Waals surface area contributed by atoms with Crippen molar-refractivity contribution < 1.29 is 19.2 Å². The summed E-state index contributed by atoms with van der Waals surface area (Å²) in [6.45, 7) is 1.62. The van der Waals surface area contributed by atoms with E-state index in [9.17, 15) is 19.7 Å². The van der Waals surface area contributed by atoms with Crippen molar-refractivity contribution in [2.75, 3.05) is 26.0 Å². The van der Waals surface area contributed by atoms with Crippen LogP contribution in [0.1, 0.15) is 22.8 Å². The molecule has 0 aromatic heterocycles. The van der Waals surface area contributed by atoms with E-state index < -0.39 is 10.8 Å². The molecule has 0 bridgehead atoms. The van der Waals surface area contributed by atoms with E-state index in [0.717, 1.165) is 0 Å². The Bertz CT molecular complexity index is 864. The van der Waals surface area contributed by atoms with Crippen molar-refractivity contribution in [1.29, 1.82) is 0 Å². The largest absolute Gasteiger partial charge is 0.483 e. The van der Waals surface area contributed by atoms with Gasteiger partial charge in [-0.05, 0) is 24.6 Å². The number of anilines is 1. The Labute approximate surface area is 156 Å². The molecule has 27 heavy (non-hydrogen) atoms. The van der Waals surface area contributed by atoms with Crippen LogP contribution in [0.5, 0.6) is 5.75 Å². The maximum Gasteiger partial charge on any atom is 0.274 e. The van der Waals surface area contributed by atoms with Crippen LogP contribution < -0.4 is 10.1 Å². The van der Waals surface area contributed by atoms with Gasteiger partial charge in [-0.25, -0.2) is 0 Å².